The first-order chi connectivity index (χ1) is 16.8. The third-order valence-corrected chi connectivity index (χ3v) is 8.37. The van der Waals surface area contributed by atoms with Crippen LogP contribution in [0.15, 0.2) is 69.3 Å². The van der Waals surface area contributed by atoms with Gasteiger partial charge in [-0.3, -0.25) is 4.79 Å². The molecule has 0 aliphatic carbocycles. The van der Waals surface area contributed by atoms with Crippen molar-refractivity contribution in [1.82, 2.24) is 4.98 Å². The fourth-order valence-electron chi connectivity index (χ4n) is 3.58. The number of amides is 1. The molecular formula is C23H14ClN3O6S2. The van der Waals surface area contributed by atoms with Crippen LogP contribution in [-0.4, -0.2) is 26.1 Å². The number of ether oxygens (including phenoxy) is 2. The zero-order valence-corrected chi connectivity index (χ0v) is 20.0. The summed E-state index contributed by atoms with van der Waals surface area (Å²) < 4.78 is 45.1. The normalized spacial score (nSPS) is 12.8. The molecule has 9 nitrogen and oxygen atoms in total. The van der Waals surface area contributed by atoms with E-state index in [1.54, 1.807) is 60.7 Å². The molecule has 0 radical (unpaired) electrons. The van der Waals surface area contributed by atoms with Gasteiger partial charge in [-0.2, -0.15) is 4.98 Å². The van der Waals surface area contributed by atoms with Crippen molar-refractivity contribution in [3.8, 4) is 11.5 Å². The number of benzene rings is 3. The van der Waals surface area contributed by atoms with Crippen LogP contribution in [0.5, 0.6) is 11.5 Å². The van der Waals surface area contributed by atoms with Crippen LogP contribution < -0.4 is 19.5 Å². The molecule has 3 heterocycles. The van der Waals surface area contributed by atoms with Crippen LogP contribution in [0.25, 0.3) is 21.2 Å². The number of thiophene rings is 1. The number of carbonyl (C=O) groups excluding carboxylic acids is 1. The van der Waals surface area contributed by atoms with Gasteiger partial charge in [-0.05, 0) is 66.0 Å². The highest BCUT2D eigenvalue weighted by Gasteiger charge is 2.21. The summed E-state index contributed by atoms with van der Waals surface area (Å²) in [7, 11) is -3.93. The number of fused-ring (bicyclic) bond motifs is 3. The van der Waals surface area contributed by atoms with Crippen molar-refractivity contribution in [2.75, 3.05) is 16.8 Å². The number of aromatic nitrogens is 1. The summed E-state index contributed by atoms with van der Waals surface area (Å²) in [5.74, 6) is 0.736. The molecule has 6 rings (SSSR count). The number of rotatable bonds is 5. The topological polar surface area (TPSA) is 120 Å². The summed E-state index contributed by atoms with van der Waals surface area (Å²) >= 11 is 7.11. The number of sulfonamides is 1. The van der Waals surface area contributed by atoms with Crippen molar-refractivity contribution in [2.45, 2.75) is 4.21 Å². The average Bonchev–Trinajstić information content (AvgIpc) is 3.55. The summed E-state index contributed by atoms with van der Waals surface area (Å²) in [4.78, 5) is 16.9. The fourth-order valence-corrected chi connectivity index (χ4v) is 6.07. The summed E-state index contributed by atoms with van der Waals surface area (Å²) in [5, 5.41) is 4.03. The van der Waals surface area contributed by atoms with Gasteiger partial charge in [0.15, 0.2) is 17.1 Å². The Morgan fingerprint density at radius 3 is 2.74 bits per heavy atom. The number of oxazole rings is 1. The molecule has 1 aliphatic rings. The molecule has 2 N–H and O–H groups in total. The minimum absolute atomic E-state index is 0.105. The monoisotopic (exact) mass is 527 g/mol. The van der Waals surface area contributed by atoms with E-state index < -0.39 is 10.0 Å². The van der Waals surface area contributed by atoms with Crippen LogP contribution in [0.3, 0.4) is 0 Å². The van der Waals surface area contributed by atoms with Gasteiger partial charge in [-0.1, -0.05) is 11.6 Å². The molecule has 5 aromatic rings. The standard InChI is InChI=1S/C23H14ClN3O6S2/c24-14-2-6-20-13(7-14)9-21(34-20)35(29,30)27-23-26-16-10-15(3-5-17(16)33-23)25-22(28)12-1-4-18-19(8-12)32-11-31-18/h1-10H,11H2,(H,25,28)(H,26,27). The Bertz CT molecular complexity index is 1750. The van der Waals surface area contributed by atoms with Gasteiger partial charge in [0.25, 0.3) is 15.9 Å². The largest absolute Gasteiger partial charge is 0.454 e. The molecule has 176 valence electrons. The Kier molecular flexibility index (Phi) is 5.06. The Balaban J connectivity index is 1.22. The first kappa shape index (κ1) is 21.7. The molecule has 0 unspecified atom stereocenters. The van der Waals surface area contributed by atoms with Crippen molar-refractivity contribution >= 4 is 71.8 Å². The van der Waals surface area contributed by atoms with E-state index in [0.717, 1.165) is 21.4 Å². The van der Waals surface area contributed by atoms with Gasteiger partial charge < -0.3 is 19.2 Å². The van der Waals surface area contributed by atoms with Gasteiger partial charge in [0.05, 0.1) is 0 Å². The highest BCUT2D eigenvalue weighted by Crippen LogP contribution is 2.34. The molecular weight excluding hydrogens is 514 g/mol. The van der Waals surface area contributed by atoms with Crippen molar-refractivity contribution in [3.05, 3.63) is 71.2 Å². The average molecular weight is 528 g/mol. The van der Waals surface area contributed by atoms with E-state index >= 15 is 0 Å². The number of hydrogen-bond acceptors (Lipinski definition) is 8. The summed E-state index contributed by atoms with van der Waals surface area (Å²) in [6.07, 6.45) is 0. The Hall–Kier alpha value is -3.80. The van der Waals surface area contributed by atoms with Gasteiger partial charge in [0, 0.05) is 21.0 Å². The molecule has 2 aromatic heterocycles. The van der Waals surface area contributed by atoms with E-state index in [4.69, 9.17) is 25.5 Å². The second kappa shape index (κ2) is 8.15. The lowest BCUT2D eigenvalue weighted by Gasteiger charge is -2.05. The van der Waals surface area contributed by atoms with Crippen LogP contribution in [0.1, 0.15) is 10.4 Å². The minimum atomic E-state index is -3.93. The number of nitrogens with zero attached hydrogens (tertiary/aromatic N) is 1. The smallest absolute Gasteiger partial charge is 0.309 e. The van der Waals surface area contributed by atoms with Gasteiger partial charge >= 0.3 is 6.01 Å². The van der Waals surface area contributed by atoms with Gasteiger partial charge in [-0.25, -0.2) is 13.1 Å². The van der Waals surface area contributed by atoms with Gasteiger partial charge in [0.1, 0.15) is 9.73 Å². The van der Waals surface area contributed by atoms with Gasteiger partial charge in [-0.15, -0.1) is 11.3 Å². The molecule has 1 aliphatic heterocycles. The number of nitrogens with one attached hydrogen (secondary N) is 2. The second-order valence-electron chi connectivity index (χ2n) is 7.58. The molecule has 0 spiro atoms. The third kappa shape index (κ3) is 4.14. The highest BCUT2D eigenvalue weighted by atomic mass is 35.5. The first-order valence-electron chi connectivity index (χ1n) is 10.2. The van der Waals surface area contributed by atoms with E-state index in [1.165, 1.54) is 0 Å². The van der Waals surface area contributed by atoms with Crippen molar-refractivity contribution in [1.29, 1.82) is 0 Å². The molecule has 0 saturated heterocycles. The summed E-state index contributed by atoms with van der Waals surface area (Å²) in [5.41, 5.74) is 1.58. The predicted molar refractivity (Wildman–Crippen MR) is 132 cm³/mol. The first-order valence-corrected chi connectivity index (χ1v) is 12.9. The van der Waals surface area contributed by atoms with Crippen LogP contribution in [-0.2, 0) is 10.0 Å². The molecule has 35 heavy (non-hydrogen) atoms. The molecule has 12 heteroatoms. The Labute approximate surface area is 207 Å². The summed E-state index contributed by atoms with van der Waals surface area (Å²) in [6.45, 7) is 0.118. The zero-order chi connectivity index (χ0) is 24.2. The van der Waals surface area contributed by atoms with Crippen molar-refractivity contribution in [3.63, 3.8) is 0 Å². The van der Waals surface area contributed by atoms with Crippen LogP contribution in [0.4, 0.5) is 11.7 Å². The van der Waals surface area contributed by atoms with E-state index in [9.17, 15) is 13.2 Å². The number of anilines is 2. The van der Waals surface area contributed by atoms with E-state index in [0.29, 0.717) is 38.9 Å². The van der Waals surface area contributed by atoms with E-state index in [-0.39, 0.29) is 22.9 Å². The lowest BCUT2D eigenvalue weighted by Crippen LogP contribution is -2.11. The maximum absolute atomic E-state index is 12.9. The van der Waals surface area contributed by atoms with Crippen molar-refractivity contribution < 1.29 is 27.1 Å². The van der Waals surface area contributed by atoms with Crippen LogP contribution >= 0.6 is 22.9 Å². The molecule has 0 saturated carbocycles. The zero-order valence-electron chi connectivity index (χ0n) is 17.6. The molecule has 0 bridgehead atoms. The van der Waals surface area contributed by atoms with Crippen LogP contribution in [0.2, 0.25) is 5.02 Å². The lowest BCUT2D eigenvalue weighted by atomic mass is 10.2. The Morgan fingerprint density at radius 1 is 1.00 bits per heavy atom. The molecule has 0 fully saturated rings. The highest BCUT2D eigenvalue weighted by molar-refractivity contribution is 7.94. The summed E-state index contributed by atoms with van der Waals surface area (Å²) in [6, 6.07) is 16.2. The number of hydrogen-bond donors (Lipinski definition) is 2. The predicted octanol–water partition coefficient (Wildman–Crippen LogP) is 5.48. The molecule has 0 atom stereocenters. The maximum atomic E-state index is 12.9. The number of halogens is 1. The van der Waals surface area contributed by atoms with E-state index in [1.807, 2.05) is 0 Å². The SMILES string of the molecule is O=C(Nc1ccc2oc(NS(=O)(=O)c3cc4cc(Cl)ccc4s3)nc2c1)c1ccc2c(c1)OCO2. The lowest BCUT2D eigenvalue weighted by molar-refractivity contribution is 0.102. The second-order valence-corrected chi connectivity index (χ2v) is 11.0. The minimum Gasteiger partial charge on any atom is -0.454 e. The maximum Gasteiger partial charge on any atom is 0.309 e. The van der Waals surface area contributed by atoms with Crippen molar-refractivity contribution in [2.24, 2.45) is 0 Å². The van der Waals surface area contributed by atoms with Crippen LogP contribution in [0, 0.1) is 0 Å². The Morgan fingerprint density at radius 2 is 1.86 bits per heavy atom. The van der Waals surface area contributed by atoms with Gasteiger partial charge in [0.2, 0.25) is 6.79 Å². The third-order valence-electron chi connectivity index (χ3n) is 5.22. The molecule has 1 amide bonds. The fraction of sp³-hybridized carbons (Fsp3) is 0.0435. The van der Waals surface area contributed by atoms with E-state index in [2.05, 4.69) is 15.0 Å². The molecule has 3 aromatic carbocycles. The number of carbonyl (C=O) groups is 1. The quantitative estimate of drug-likeness (QED) is 0.310.